The zero-order valence-corrected chi connectivity index (χ0v) is 9.53. The molecule has 0 heterocycles. The lowest BCUT2D eigenvalue weighted by Gasteiger charge is -2.18. The number of rotatable bonds is 4. The molecule has 0 bridgehead atoms. The summed E-state index contributed by atoms with van der Waals surface area (Å²) in [5.74, 6) is 1.67. The van der Waals surface area contributed by atoms with Crippen molar-refractivity contribution >= 4 is 0 Å². The molecule has 0 amide bonds. The van der Waals surface area contributed by atoms with Gasteiger partial charge in [-0.2, -0.15) is 0 Å². The van der Waals surface area contributed by atoms with Crippen LogP contribution in [0.4, 0.5) is 0 Å². The quantitative estimate of drug-likeness (QED) is 0.844. The number of ether oxygens (including phenoxy) is 2. The molecule has 1 aromatic carbocycles. The Labute approximate surface area is 95.5 Å². The van der Waals surface area contributed by atoms with Gasteiger partial charge >= 0.3 is 0 Å². The molecule has 16 heavy (non-hydrogen) atoms. The maximum Gasteiger partial charge on any atom is 0.166 e. The Morgan fingerprint density at radius 3 is 2.62 bits per heavy atom. The Kier molecular flexibility index (Phi) is 2.11. The van der Waals surface area contributed by atoms with E-state index in [1.54, 1.807) is 7.11 Å². The lowest BCUT2D eigenvalue weighted by atomic mass is 10.0. The van der Waals surface area contributed by atoms with Gasteiger partial charge in [0.15, 0.2) is 11.5 Å². The predicted molar refractivity (Wildman–Crippen MR) is 61.7 cm³/mol. The Bertz CT molecular complexity index is 408. The fourth-order valence-electron chi connectivity index (χ4n) is 1.95. The molecular formula is C13H17NO2. The minimum Gasteiger partial charge on any atom is -0.493 e. The molecule has 86 valence electrons. The van der Waals surface area contributed by atoms with Gasteiger partial charge in [-0.15, -0.1) is 0 Å². The maximum absolute atomic E-state index is 6.25. The molecule has 2 aliphatic rings. The summed E-state index contributed by atoms with van der Waals surface area (Å²) < 4.78 is 11.3. The van der Waals surface area contributed by atoms with Gasteiger partial charge in [0, 0.05) is 11.1 Å². The van der Waals surface area contributed by atoms with E-state index in [1.165, 1.54) is 0 Å². The van der Waals surface area contributed by atoms with Gasteiger partial charge < -0.3 is 15.2 Å². The van der Waals surface area contributed by atoms with Crippen molar-refractivity contribution in [2.75, 3.05) is 7.11 Å². The highest BCUT2D eigenvalue weighted by atomic mass is 16.5. The van der Waals surface area contributed by atoms with Crippen molar-refractivity contribution in [1.82, 2.24) is 0 Å². The van der Waals surface area contributed by atoms with Gasteiger partial charge in [-0.05, 0) is 31.7 Å². The summed E-state index contributed by atoms with van der Waals surface area (Å²) in [5, 5.41) is 0. The van der Waals surface area contributed by atoms with Gasteiger partial charge in [0.2, 0.25) is 0 Å². The standard InChI is InChI=1S/C13H17NO2/c1-15-11-4-2-3-10(13(14)7-8-13)12(11)16-9-5-6-9/h2-4,9H,5-8,14H2,1H3. The first-order valence-corrected chi connectivity index (χ1v) is 5.86. The molecule has 0 saturated heterocycles. The van der Waals surface area contributed by atoms with Crippen LogP contribution in [0.5, 0.6) is 11.5 Å². The van der Waals surface area contributed by atoms with Crippen LogP contribution in [0, 0.1) is 0 Å². The Morgan fingerprint density at radius 1 is 1.31 bits per heavy atom. The molecule has 3 heteroatoms. The van der Waals surface area contributed by atoms with Gasteiger partial charge in [0.05, 0.1) is 13.2 Å². The van der Waals surface area contributed by atoms with Crippen molar-refractivity contribution in [2.45, 2.75) is 37.3 Å². The highest BCUT2D eigenvalue weighted by Gasteiger charge is 2.43. The average Bonchev–Trinajstić information content (AvgIpc) is 3.18. The van der Waals surface area contributed by atoms with E-state index in [2.05, 4.69) is 6.07 Å². The van der Waals surface area contributed by atoms with Crippen LogP contribution in [0.25, 0.3) is 0 Å². The molecule has 0 atom stereocenters. The predicted octanol–water partition coefficient (Wildman–Crippen LogP) is 2.18. The molecule has 0 aromatic heterocycles. The van der Waals surface area contributed by atoms with Crippen LogP contribution in [0.3, 0.4) is 0 Å². The van der Waals surface area contributed by atoms with E-state index in [1.807, 2.05) is 12.1 Å². The van der Waals surface area contributed by atoms with Gasteiger partial charge in [0.1, 0.15) is 0 Å². The third kappa shape index (κ3) is 1.65. The van der Waals surface area contributed by atoms with Crippen LogP contribution in [0.1, 0.15) is 31.2 Å². The molecule has 0 radical (unpaired) electrons. The summed E-state index contributed by atoms with van der Waals surface area (Å²) in [5.41, 5.74) is 7.19. The van der Waals surface area contributed by atoms with E-state index in [0.717, 1.165) is 42.7 Å². The summed E-state index contributed by atoms with van der Waals surface area (Å²) in [7, 11) is 1.68. The van der Waals surface area contributed by atoms with Crippen LogP contribution in [-0.4, -0.2) is 13.2 Å². The molecule has 2 aliphatic carbocycles. The molecule has 2 N–H and O–H groups in total. The number of nitrogens with two attached hydrogens (primary N) is 1. The number of methoxy groups -OCH3 is 1. The summed E-state index contributed by atoms with van der Waals surface area (Å²) in [6.45, 7) is 0. The second-order valence-electron chi connectivity index (χ2n) is 4.81. The second kappa shape index (κ2) is 3.39. The number of hydrogen-bond acceptors (Lipinski definition) is 3. The molecule has 2 saturated carbocycles. The van der Waals surface area contributed by atoms with Crippen LogP contribution >= 0.6 is 0 Å². The number of benzene rings is 1. The minimum absolute atomic E-state index is 0.168. The minimum atomic E-state index is -0.168. The largest absolute Gasteiger partial charge is 0.493 e. The zero-order valence-electron chi connectivity index (χ0n) is 9.53. The van der Waals surface area contributed by atoms with Crippen LogP contribution in [0.2, 0.25) is 0 Å². The molecule has 0 aliphatic heterocycles. The van der Waals surface area contributed by atoms with Crippen molar-refractivity contribution in [1.29, 1.82) is 0 Å². The fraction of sp³-hybridized carbons (Fsp3) is 0.538. The summed E-state index contributed by atoms with van der Waals surface area (Å²) >= 11 is 0. The summed E-state index contributed by atoms with van der Waals surface area (Å²) in [6, 6.07) is 5.99. The molecular weight excluding hydrogens is 202 g/mol. The van der Waals surface area contributed by atoms with Crippen molar-refractivity contribution in [3.8, 4) is 11.5 Å². The first kappa shape index (κ1) is 9.97. The van der Waals surface area contributed by atoms with Crippen molar-refractivity contribution in [3.05, 3.63) is 23.8 Å². The molecule has 3 nitrogen and oxygen atoms in total. The van der Waals surface area contributed by atoms with E-state index in [-0.39, 0.29) is 5.54 Å². The van der Waals surface area contributed by atoms with Gasteiger partial charge in [-0.3, -0.25) is 0 Å². The van der Waals surface area contributed by atoms with Gasteiger partial charge in [0.25, 0.3) is 0 Å². The van der Waals surface area contributed by atoms with E-state index < -0.39 is 0 Å². The highest BCUT2D eigenvalue weighted by Crippen LogP contribution is 2.50. The van der Waals surface area contributed by atoms with Crippen molar-refractivity contribution in [3.63, 3.8) is 0 Å². The molecule has 0 spiro atoms. The van der Waals surface area contributed by atoms with E-state index >= 15 is 0 Å². The Balaban J connectivity index is 2.00. The van der Waals surface area contributed by atoms with E-state index in [0.29, 0.717) is 6.10 Å². The second-order valence-corrected chi connectivity index (χ2v) is 4.81. The fourth-order valence-corrected chi connectivity index (χ4v) is 1.95. The third-order valence-electron chi connectivity index (χ3n) is 3.33. The Morgan fingerprint density at radius 2 is 2.06 bits per heavy atom. The molecule has 3 rings (SSSR count). The van der Waals surface area contributed by atoms with Gasteiger partial charge in [-0.1, -0.05) is 12.1 Å². The zero-order chi connectivity index (χ0) is 11.2. The highest BCUT2D eigenvalue weighted by molar-refractivity contribution is 5.51. The Hall–Kier alpha value is -1.22. The lowest BCUT2D eigenvalue weighted by Crippen LogP contribution is -2.20. The summed E-state index contributed by atoms with van der Waals surface area (Å²) in [6.07, 6.45) is 4.75. The van der Waals surface area contributed by atoms with Crippen molar-refractivity contribution in [2.24, 2.45) is 5.73 Å². The monoisotopic (exact) mass is 219 g/mol. The normalized spacial score (nSPS) is 21.6. The molecule has 1 aromatic rings. The topological polar surface area (TPSA) is 44.5 Å². The summed E-state index contributed by atoms with van der Waals surface area (Å²) in [4.78, 5) is 0. The molecule has 2 fully saturated rings. The average molecular weight is 219 g/mol. The van der Waals surface area contributed by atoms with Crippen LogP contribution < -0.4 is 15.2 Å². The van der Waals surface area contributed by atoms with E-state index in [9.17, 15) is 0 Å². The number of hydrogen-bond donors (Lipinski definition) is 1. The van der Waals surface area contributed by atoms with Gasteiger partial charge in [-0.25, -0.2) is 0 Å². The SMILES string of the molecule is COc1cccc(C2(N)CC2)c1OC1CC1. The maximum atomic E-state index is 6.25. The first-order chi connectivity index (χ1) is 7.73. The van der Waals surface area contributed by atoms with Crippen LogP contribution in [-0.2, 0) is 5.54 Å². The van der Waals surface area contributed by atoms with Crippen molar-refractivity contribution < 1.29 is 9.47 Å². The number of para-hydroxylation sites is 1. The first-order valence-electron chi connectivity index (χ1n) is 5.86. The molecule has 0 unspecified atom stereocenters. The lowest BCUT2D eigenvalue weighted by molar-refractivity contribution is 0.276. The smallest absolute Gasteiger partial charge is 0.166 e. The van der Waals surface area contributed by atoms with E-state index in [4.69, 9.17) is 15.2 Å². The van der Waals surface area contributed by atoms with Crippen LogP contribution in [0.15, 0.2) is 18.2 Å². The third-order valence-corrected chi connectivity index (χ3v) is 3.33.